The smallest absolute Gasteiger partial charge is 0.312 e. The molecule has 0 saturated heterocycles. The predicted octanol–water partition coefficient (Wildman–Crippen LogP) is 4.04. The number of rotatable bonds is 4. The first-order chi connectivity index (χ1) is 11.8. The molecule has 1 amide bonds. The topological polar surface area (TPSA) is 93.5 Å². The fourth-order valence-electron chi connectivity index (χ4n) is 1.91. The van der Waals surface area contributed by atoms with Gasteiger partial charge in [-0.15, -0.1) is 0 Å². The van der Waals surface area contributed by atoms with Crippen molar-refractivity contribution in [2.24, 2.45) is 0 Å². The summed E-state index contributed by atoms with van der Waals surface area (Å²) in [7, 11) is 1.33. The fourth-order valence-corrected chi connectivity index (χ4v) is 2.50. The Labute approximate surface area is 158 Å². The van der Waals surface area contributed by atoms with Gasteiger partial charge in [0.1, 0.15) is 0 Å². The third-order valence-corrected chi connectivity index (χ3v) is 3.80. The Morgan fingerprint density at radius 3 is 2.60 bits per heavy atom. The van der Waals surface area contributed by atoms with Crippen LogP contribution in [-0.4, -0.2) is 23.1 Å². The number of ether oxygens (including phenoxy) is 1. The van der Waals surface area contributed by atoms with E-state index in [1.807, 2.05) is 0 Å². The van der Waals surface area contributed by atoms with E-state index in [9.17, 15) is 14.9 Å². The van der Waals surface area contributed by atoms with Gasteiger partial charge in [-0.1, -0.05) is 23.2 Å². The van der Waals surface area contributed by atoms with Crippen LogP contribution in [0.4, 0.5) is 11.4 Å². The van der Waals surface area contributed by atoms with Crippen molar-refractivity contribution in [1.82, 2.24) is 5.32 Å². The summed E-state index contributed by atoms with van der Waals surface area (Å²) < 4.78 is 4.91. The average Bonchev–Trinajstić information content (AvgIpc) is 2.56. The minimum atomic E-state index is -0.586. The van der Waals surface area contributed by atoms with Gasteiger partial charge in [0.15, 0.2) is 10.9 Å². The van der Waals surface area contributed by atoms with Gasteiger partial charge in [0, 0.05) is 16.8 Å². The molecule has 0 aromatic heterocycles. The van der Waals surface area contributed by atoms with E-state index in [1.165, 1.54) is 37.4 Å². The van der Waals surface area contributed by atoms with Crippen molar-refractivity contribution in [1.29, 1.82) is 0 Å². The van der Waals surface area contributed by atoms with Gasteiger partial charge in [-0.25, -0.2) is 0 Å². The van der Waals surface area contributed by atoms with Crippen LogP contribution in [-0.2, 0) is 0 Å². The molecule has 2 aromatic carbocycles. The molecular weight excluding hydrogens is 389 g/mol. The molecule has 0 bridgehead atoms. The highest BCUT2D eigenvalue weighted by Gasteiger charge is 2.17. The summed E-state index contributed by atoms with van der Waals surface area (Å²) in [6.45, 7) is 0. The molecule has 0 aliphatic heterocycles. The maximum atomic E-state index is 12.2. The zero-order valence-electron chi connectivity index (χ0n) is 12.7. The van der Waals surface area contributed by atoms with Crippen LogP contribution in [0.3, 0.4) is 0 Å². The van der Waals surface area contributed by atoms with Crippen LogP contribution in [0.1, 0.15) is 10.4 Å². The lowest BCUT2D eigenvalue weighted by Gasteiger charge is -2.11. The Morgan fingerprint density at radius 1 is 1.24 bits per heavy atom. The number of carbonyl (C=O) groups excluding carboxylic acids is 1. The van der Waals surface area contributed by atoms with E-state index in [-0.39, 0.29) is 27.1 Å². The van der Waals surface area contributed by atoms with E-state index in [2.05, 4.69) is 10.6 Å². The van der Waals surface area contributed by atoms with Crippen LogP contribution < -0.4 is 15.4 Å². The number of nitro benzene ring substituents is 1. The molecule has 0 spiro atoms. The fraction of sp³-hybridized carbons (Fsp3) is 0.0667. The van der Waals surface area contributed by atoms with E-state index in [4.69, 9.17) is 40.2 Å². The highest BCUT2D eigenvalue weighted by molar-refractivity contribution is 7.80. The monoisotopic (exact) mass is 399 g/mol. The molecule has 2 aromatic rings. The highest BCUT2D eigenvalue weighted by Crippen LogP contribution is 2.29. The molecule has 0 aliphatic rings. The number of nitrogens with zero attached hydrogens (tertiary/aromatic N) is 1. The van der Waals surface area contributed by atoms with Gasteiger partial charge in [-0.05, 0) is 42.5 Å². The lowest BCUT2D eigenvalue weighted by atomic mass is 10.2. The van der Waals surface area contributed by atoms with Crippen molar-refractivity contribution in [3.8, 4) is 5.75 Å². The first-order valence-electron chi connectivity index (χ1n) is 6.71. The molecule has 0 atom stereocenters. The quantitative estimate of drug-likeness (QED) is 0.457. The number of benzene rings is 2. The molecule has 0 saturated carbocycles. The predicted molar refractivity (Wildman–Crippen MR) is 99.8 cm³/mol. The minimum Gasteiger partial charge on any atom is -0.490 e. The number of hydrogen-bond donors (Lipinski definition) is 2. The molecule has 0 radical (unpaired) electrons. The van der Waals surface area contributed by atoms with E-state index in [0.717, 1.165) is 0 Å². The van der Waals surface area contributed by atoms with Crippen LogP contribution in [0.25, 0.3) is 0 Å². The summed E-state index contributed by atoms with van der Waals surface area (Å²) in [4.78, 5) is 22.6. The molecule has 0 aliphatic carbocycles. The zero-order chi connectivity index (χ0) is 18.6. The first kappa shape index (κ1) is 18.9. The van der Waals surface area contributed by atoms with Crippen molar-refractivity contribution in [3.63, 3.8) is 0 Å². The standard InChI is InChI=1S/C15H11Cl2N3O4S/c1-24-13-5-3-9(7-12(13)20(22)23)18-15(25)19-14(21)10-6-8(16)2-4-11(10)17/h2-7H,1H3,(H2,18,19,21,25). The van der Waals surface area contributed by atoms with E-state index in [0.29, 0.717) is 10.7 Å². The number of anilines is 1. The summed E-state index contributed by atoms with van der Waals surface area (Å²) in [6.07, 6.45) is 0. The van der Waals surface area contributed by atoms with Gasteiger partial charge < -0.3 is 10.1 Å². The molecule has 130 valence electrons. The van der Waals surface area contributed by atoms with Crippen molar-refractivity contribution in [3.05, 3.63) is 62.1 Å². The van der Waals surface area contributed by atoms with Crippen LogP contribution in [0, 0.1) is 10.1 Å². The van der Waals surface area contributed by atoms with Crippen LogP contribution in [0.5, 0.6) is 5.75 Å². The van der Waals surface area contributed by atoms with Gasteiger partial charge in [-0.3, -0.25) is 20.2 Å². The number of methoxy groups -OCH3 is 1. The molecule has 7 nitrogen and oxygen atoms in total. The molecule has 2 N–H and O–H groups in total. The second kappa shape index (κ2) is 8.11. The normalized spacial score (nSPS) is 10.0. The third kappa shape index (κ3) is 4.79. The number of nitrogens with one attached hydrogen (secondary N) is 2. The Bertz CT molecular complexity index is 861. The van der Waals surface area contributed by atoms with E-state index in [1.54, 1.807) is 6.07 Å². The van der Waals surface area contributed by atoms with E-state index < -0.39 is 10.8 Å². The van der Waals surface area contributed by atoms with Crippen LogP contribution in [0.2, 0.25) is 10.0 Å². The molecule has 2 rings (SSSR count). The number of halogens is 2. The number of nitro groups is 1. The number of amides is 1. The SMILES string of the molecule is COc1ccc(NC(=S)NC(=O)c2cc(Cl)ccc2Cl)cc1[N+](=O)[O-]. The van der Waals surface area contributed by atoms with Crippen molar-refractivity contribution in [2.45, 2.75) is 0 Å². The third-order valence-electron chi connectivity index (χ3n) is 3.03. The Morgan fingerprint density at radius 2 is 1.96 bits per heavy atom. The zero-order valence-corrected chi connectivity index (χ0v) is 15.0. The summed E-state index contributed by atoms with van der Waals surface area (Å²) in [6, 6.07) is 8.62. The summed E-state index contributed by atoms with van der Waals surface area (Å²) in [5.74, 6) is -0.454. The molecular formula is C15H11Cl2N3O4S. The van der Waals surface area contributed by atoms with Crippen molar-refractivity contribution >= 4 is 57.8 Å². The average molecular weight is 400 g/mol. The van der Waals surface area contributed by atoms with Crippen molar-refractivity contribution < 1.29 is 14.5 Å². The Kier molecular flexibility index (Phi) is 6.13. The largest absolute Gasteiger partial charge is 0.490 e. The van der Waals surface area contributed by atoms with E-state index >= 15 is 0 Å². The summed E-state index contributed by atoms with van der Waals surface area (Å²) >= 11 is 16.8. The maximum Gasteiger partial charge on any atom is 0.312 e. The summed E-state index contributed by atoms with van der Waals surface area (Å²) in [5.41, 5.74) is 0.230. The molecule has 0 heterocycles. The van der Waals surface area contributed by atoms with Gasteiger partial charge in [0.2, 0.25) is 0 Å². The molecule has 0 unspecified atom stereocenters. The van der Waals surface area contributed by atoms with Gasteiger partial charge in [0.25, 0.3) is 5.91 Å². The van der Waals surface area contributed by atoms with Gasteiger partial charge in [-0.2, -0.15) is 0 Å². The first-order valence-corrected chi connectivity index (χ1v) is 7.88. The molecule has 0 fully saturated rings. The number of thiocarbonyl (C=S) groups is 1. The van der Waals surface area contributed by atoms with Crippen LogP contribution >= 0.6 is 35.4 Å². The second-order valence-electron chi connectivity index (χ2n) is 4.68. The van der Waals surface area contributed by atoms with Gasteiger partial charge >= 0.3 is 5.69 Å². The number of hydrogen-bond acceptors (Lipinski definition) is 5. The molecule has 10 heteroatoms. The van der Waals surface area contributed by atoms with Crippen LogP contribution in [0.15, 0.2) is 36.4 Å². The Hall–Kier alpha value is -2.42. The highest BCUT2D eigenvalue weighted by atomic mass is 35.5. The van der Waals surface area contributed by atoms with Gasteiger partial charge in [0.05, 0.1) is 22.6 Å². The lowest BCUT2D eigenvalue weighted by molar-refractivity contribution is -0.385. The summed E-state index contributed by atoms with van der Waals surface area (Å²) in [5, 5.41) is 16.6. The minimum absolute atomic E-state index is 0.0551. The maximum absolute atomic E-state index is 12.2. The Balaban J connectivity index is 2.12. The lowest BCUT2D eigenvalue weighted by Crippen LogP contribution is -2.34. The molecule has 25 heavy (non-hydrogen) atoms. The van der Waals surface area contributed by atoms with Crippen molar-refractivity contribution in [2.75, 3.05) is 12.4 Å². The second-order valence-corrected chi connectivity index (χ2v) is 5.93. The number of carbonyl (C=O) groups is 1.